The van der Waals surface area contributed by atoms with Crippen molar-refractivity contribution in [1.82, 2.24) is 0 Å². The van der Waals surface area contributed by atoms with Crippen LogP contribution in [-0.4, -0.2) is 0 Å². The molecule has 0 saturated heterocycles. The Kier molecular flexibility index (Phi) is 4.97. The van der Waals surface area contributed by atoms with E-state index in [9.17, 15) is 4.39 Å². The average molecular weight is 319 g/mol. The molecule has 2 aromatic rings. The molecule has 0 aliphatic carbocycles. The Morgan fingerprint density at radius 1 is 1.05 bits per heavy atom. The van der Waals surface area contributed by atoms with E-state index in [-0.39, 0.29) is 11.7 Å². The lowest BCUT2D eigenvalue weighted by Crippen LogP contribution is -2.07. The van der Waals surface area contributed by atoms with Gasteiger partial charge in [0, 0.05) is 10.9 Å². The number of halogens is 2. The molecule has 118 valence electrons. The van der Waals surface area contributed by atoms with Gasteiger partial charge in [-0.2, -0.15) is 0 Å². The largest absolute Gasteiger partial charge is 0.206 e. The molecule has 0 fully saturated rings. The van der Waals surface area contributed by atoms with Crippen LogP contribution in [0.25, 0.3) is 0 Å². The molecule has 2 aromatic carbocycles. The standard InChI is InChI=1S/C20H24ClF/c1-7-16-14(5)17(10-13(4)20(16)22)15(6)18-11(2)8-9-12(3)19(18)21/h8-10,15H,7H2,1-6H3. The third kappa shape index (κ3) is 2.79. The Morgan fingerprint density at radius 2 is 1.64 bits per heavy atom. The first kappa shape index (κ1) is 17.0. The highest BCUT2D eigenvalue weighted by atomic mass is 35.5. The number of aryl methyl sites for hydroxylation is 3. The molecule has 0 aromatic heterocycles. The minimum Gasteiger partial charge on any atom is -0.206 e. The first-order chi connectivity index (χ1) is 10.3. The second-order valence-electron chi connectivity index (χ2n) is 6.20. The molecule has 0 aliphatic rings. The van der Waals surface area contributed by atoms with E-state index >= 15 is 0 Å². The molecule has 0 heterocycles. The minimum atomic E-state index is -0.0667. The van der Waals surface area contributed by atoms with Gasteiger partial charge < -0.3 is 0 Å². The average Bonchev–Trinajstić information content (AvgIpc) is 2.47. The fraction of sp³-hybridized carbons (Fsp3) is 0.400. The van der Waals surface area contributed by atoms with Crippen molar-refractivity contribution in [2.24, 2.45) is 0 Å². The Balaban J connectivity index is 2.68. The topological polar surface area (TPSA) is 0 Å². The predicted octanol–water partition coefficient (Wildman–Crippen LogP) is 6.43. The first-order valence-corrected chi connectivity index (χ1v) is 8.21. The van der Waals surface area contributed by atoms with Gasteiger partial charge in [-0.3, -0.25) is 0 Å². The van der Waals surface area contributed by atoms with Crippen LogP contribution in [0.3, 0.4) is 0 Å². The molecule has 0 nitrogen and oxygen atoms in total. The van der Waals surface area contributed by atoms with E-state index in [1.54, 1.807) is 0 Å². The zero-order valence-corrected chi connectivity index (χ0v) is 15.0. The maximum Gasteiger partial charge on any atom is 0.129 e. The second kappa shape index (κ2) is 6.42. The minimum absolute atomic E-state index is 0.0667. The third-order valence-corrected chi connectivity index (χ3v) is 5.21. The van der Waals surface area contributed by atoms with Gasteiger partial charge in [0.05, 0.1) is 0 Å². The van der Waals surface area contributed by atoms with Crippen LogP contribution in [0.15, 0.2) is 18.2 Å². The summed E-state index contributed by atoms with van der Waals surface area (Å²) in [4.78, 5) is 0. The van der Waals surface area contributed by atoms with Crippen LogP contribution in [0.1, 0.15) is 58.7 Å². The van der Waals surface area contributed by atoms with Gasteiger partial charge in [0.15, 0.2) is 0 Å². The summed E-state index contributed by atoms with van der Waals surface area (Å²) in [5.74, 6) is 0.0833. The third-order valence-electron chi connectivity index (χ3n) is 4.71. The second-order valence-corrected chi connectivity index (χ2v) is 6.58. The fourth-order valence-corrected chi connectivity index (χ4v) is 3.71. The maximum atomic E-state index is 14.3. The van der Waals surface area contributed by atoms with E-state index in [2.05, 4.69) is 19.9 Å². The SMILES string of the molecule is CCc1c(C)c(C(C)c2c(C)ccc(C)c2Cl)cc(C)c1F. The monoisotopic (exact) mass is 318 g/mol. The van der Waals surface area contributed by atoms with Crippen molar-refractivity contribution < 1.29 is 4.39 Å². The Labute approximate surface area is 138 Å². The molecule has 22 heavy (non-hydrogen) atoms. The summed E-state index contributed by atoms with van der Waals surface area (Å²) in [7, 11) is 0. The van der Waals surface area contributed by atoms with Gasteiger partial charge in [0.2, 0.25) is 0 Å². The summed E-state index contributed by atoms with van der Waals surface area (Å²) < 4.78 is 14.3. The van der Waals surface area contributed by atoms with Crippen molar-refractivity contribution in [3.05, 3.63) is 68.0 Å². The molecule has 2 rings (SSSR count). The number of benzene rings is 2. The molecule has 0 N–H and O–H groups in total. The van der Waals surface area contributed by atoms with Crippen LogP contribution >= 0.6 is 11.6 Å². The van der Waals surface area contributed by atoms with Crippen LogP contribution in [0.2, 0.25) is 5.02 Å². The van der Waals surface area contributed by atoms with Crippen LogP contribution in [-0.2, 0) is 6.42 Å². The normalized spacial score (nSPS) is 12.5. The van der Waals surface area contributed by atoms with Gasteiger partial charge in [0.25, 0.3) is 0 Å². The van der Waals surface area contributed by atoms with E-state index in [0.29, 0.717) is 12.0 Å². The molecule has 0 bridgehead atoms. The number of hydrogen-bond acceptors (Lipinski definition) is 0. The molecule has 1 atom stereocenters. The molecule has 0 spiro atoms. The zero-order chi connectivity index (χ0) is 16.6. The summed E-state index contributed by atoms with van der Waals surface area (Å²) in [6, 6.07) is 6.14. The smallest absolute Gasteiger partial charge is 0.129 e. The van der Waals surface area contributed by atoms with E-state index in [0.717, 1.165) is 27.3 Å². The van der Waals surface area contributed by atoms with Crippen molar-refractivity contribution in [3.8, 4) is 0 Å². The lowest BCUT2D eigenvalue weighted by molar-refractivity contribution is 0.599. The van der Waals surface area contributed by atoms with Crippen molar-refractivity contribution in [1.29, 1.82) is 0 Å². The lowest BCUT2D eigenvalue weighted by atomic mass is 9.84. The van der Waals surface area contributed by atoms with Crippen LogP contribution in [0.5, 0.6) is 0 Å². The molecule has 0 radical (unpaired) electrons. The summed E-state index contributed by atoms with van der Waals surface area (Å²) in [6.07, 6.45) is 0.708. The molecule has 0 saturated carbocycles. The zero-order valence-electron chi connectivity index (χ0n) is 14.3. The van der Waals surface area contributed by atoms with Gasteiger partial charge in [-0.1, -0.05) is 43.6 Å². The van der Waals surface area contributed by atoms with Gasteiger partial charge in [-0.05, 0) is 73.1 Å². The number of rotatable bonds is 3. The van der Waals surface area contributed by atoms with Crippen LogP contribution < -0.4 is 0 Å². The predicted molar refractivity (Wildman–Crippen MR) is 93.7 cm³/mol. The summed E-state index contributed by atoms with van der Waals surface area (Å²) in [6.45, 7) is 12.1. The van der Waals surface area contributed by atoms with E-state index in [1.165, 1.54) is 11.1 Å². The molecule has 1 unspecified atom stereocenters. The van der Waals surface area contributed by atoms with Crippen molar-refractivity contribution in [3.63, 3.8) is 0 Å². The highest BCUT2D eigenvalue weighted by Gasteiger charge is 2.21. The van der Waals surface area contributed by atoms with Crippen molar-refractivity contribution in [2.75, 3.05) is 0 Å². The van der Waals surface area contributed by atoms with E-state index < -0.39 is 0 Å². The van der Waals surface area contributed by atoms with E-state index in [4.69, 9.17) is 11.6 Å². The van der Waals surface area contributed by atoms with Crippen LogP contribution in [0.4, 0.5) is 4.39 Å². The van der Waals surface area contributed by atoms with Crippen molar-refractivity contribution >= 4 is 11.6 Å². The van der Waals surface area contributed by atoms with Crippen LogP contribution in [0, 0.1) is 33.5 Å². The molecule has 0 aliphatic heterocycles. The number of hydrogen-bond donors (Lipinski definition) is 0. The Bertz CT molecular complexity index is 716. The molecule has 2 heteroatoms. The van der Waals surface area contributed by atoms with Crippen molar-refractivity contribution in [2.45, 2.75) is 53.9 Å². The summed E-state index contributed by atoms with van der Waals surface area (Å²) >= 11 is 6.57. The van der Waals surface area contributed by atoms with E-state index in [1.807, 2.05) is 39.8 Å². The Morgan fingerprint density at radius 3 is 2.23 bits per heavy atom. The maximum absolute atomic E-state index is 14.3. The summed E-state index contributed by atoms with van der Waals surface area (Å²) in [5.41, 5.74) is 7.18. The molecular formula is C20H24ClF. The summed E-state index contributed by atoms with van der Waals surface area (Å²) in [5, 5.41) is 0.826. The molecular weight excluding hydrogens is 295 g/mol. The van der Waals surface area contributed by atoms with Gasteiger partial charge >= 0.3 is 0 Å². The quantitative estimate of drug-likeness (QED) is 0.612. The highest BCUT2D eigenvalue weighted by molar-refractivity contribution is 6.32. The highest BCUT2D eigenvalue weighted by Crippen LogP contribution is 2.37. The lowest BCUT2D eigenvalue weighted by Gasteiger charge is -2.23. The van der Waals surface area contributed by atoms with Gasteiger partial charge in [-0.25, -0.2) is 4.39 Å². The van der Waals surface area contributed by atoms with Gasteiger partial charge in [-0.15, -0.1) is 0 Å². The first-order valence-electron chi connectivity index (χ1n) is 7.83. The molecule has 0 amide bonds. The van der Waals surface area contributed by atoms with Gasteiger partial charge in [0.1, 0.15) is 5.82 Å². The Hall–Kier alpha value is -1.34. The fourth-order valence-electron chi connectivity index (χ4n) is 3.34.